The van der Waals surface area contributed by atoms with Gasteiger partial charge in [0.1, 0.15) is 11.5 Å². The lowest BCUT2D eigenvalue weighted by molar-refractivity contribution is -0.123. The Bertz CT molecular complexity index is 1010. The number of hydrogen-bond donors (Lipinski definition) is 2. The summed E-state index contributed by atoms with van der Waals surface area (Å²) in [4.78, 5) is 23.9. The molecule has 0 atom stereocenters. The molecule has 34 heavy (non-hydrogen) atoms. The quantitative estimate of drug-likeness (QED) is 0.221. The standard InChI is InChI=1S/C22H22Cl4N4O4/c1-33-21-13(7-15(23)9-17(21)25)11-27-29-19(31)5-3-4-6-20(32)30-28-12-14-8-16(24)10-18(26)22(14)34-2/h7-12H,3-6H2,1-2H3,(H,29,31)(H,30,32). The van der Waals surface area contributed by atoms with Crippen LogP contribution in [0.15, 0.2) is 34.5 Å². The van der Waals surface area contributed by atoms with Crippen LogP contribution in [0, 0.1) is 0 Å². The van der Waals surface area contributed by atoms with Crippen LogP contribution in [0.5, 0.6) is 11.5 Å². The number of rotatable bonds is 11. The third-order valence-electron chi connectivity index (χ3n) is 4.33. The average Bonchev–Trinajstić information content (AvgIpc) is 2.76. The summed E-state index contributed by atoms with van der Waals surface area (Å²) in [5.41, 5.74) is 5.87. The predicted molar refractivity (Wildman–Crippen MR) is 136 cm³/mol. The molecule has 2 N–H and O–H groups in total. The van der Waals surface area contributed by atoms with Crippen LogP contribution in [-0.2, 0) is 9.59 Å². The van der Waals surface area contributed by atoms with Gasteiger partial charge in [-0.25, -0.2) is 10.9 Å². The van der Waals surface area contributed by atoms with Gasteiger partial charge in [0.25, 0.3) is 0 Å². The van der Waals surface area contributed by atoms with Gasteiger partial charge in [0, 0.05) is 34.0 Å². The Hall–Kier alpha value is -2.52. The molecule has 2 aromatic carbocycles. The molecule has 8 nitrogen and oxygen atoms in total. The van der Waals surface area contributed by atoms with Crippen LogP contribution < -0.4 is 20.3 Å². The lowest BCUT2D eigenvalue weighted by Crippen LogP contribution is -2.19. The summed E-state index contributed by atoms with van der Waals surface area (Å²) in [6, 6.07) is 6.31. The van der Waals surface area contributed by atoms with E-state index in [2.05, 4.69) is 21.1 Å². The van der Waals surface area contributed by atoms with Gasteiger partial charge in [-0.3, -0.25) is 9.59 Å². The molecule has 0 unspecified atom stereocenters. The van der Waals surface area contributed by atoms with Crippen LogP contribution in [0.1, 0.15) is 36.8 Å². The highest BCUT2D eigenvalue weighted by atomic mass is 35.5. The number of amides is 2. The number of nitrogens with zero attached hydrogens (tertiary/aromatic N) is 2. The van der Waals surface area contributed by atoms with Crippen molar-refractivity contribution in [1.29, 1.82) is 0 Å². The fourth-order valence-corrected chi connectivity index (χ4v) is 3.99. The monoisotopic (exact) mass is 546 g/mol. The van der Waals surface area contributed by atoms with E-state index in [1.807, 2.05) is 0 Å². The first-order valence-electron chi connectivity index (χ1n) is 9.95. The maximum atomic E-state index is 11.9. The molecule has 0 radical (unpaired) electrons. The lowest BCUT2D eigenvalue weighted by Gasteiger charge is -2.07. The zero-order valence-corrected chi connectivity index (χ0v) is 21.4. The van der Waals surface area contributed by atoms with Gasteiger partial charge in [-0.15, -0.1) is 0 Å². The topological polar surface area (TPSA) is 101 Å². The van der Waals surface area contributed by atoms with Gasteiger partial charge in [0.15, 0.2) is 0 Å². The maximum absolute atomic E-state index is 11.9. The summed E-state index contributed by atoms with van der Waals surface area (Å²) in [5, 5.41) is 9.28. The third-order valence-corrected chi connectivity index (χ3v) is 5.32. The number of halogens is 4. The molecule has 0 aliphatic carbocycles. The SMILES string of the molecule is COc1c(Cl)cc(Cl)cc1C=NNC(=O)CCCCC(=O)NN=Cc1cc(Cl)cc(Cl)c1OC. The Balaban J connectivity index is 1.73. The Kier molecular flexibility index (Phi) is 11.4. The van der Waals surface area contributed by atoms with E-state index in [1.165, 1.54) is 26.6 Å². The molecule has 0 aliphatic rings. The normalized spacial score (nSPS) is 11.1. The van der Waals surface area contributed by atoms with Crippen molar-refractivity contribution in [3.8, 4) is 11.5 Å². The second kappa shape index (κ2) is 14.0. The molecule has 2 aromatic rings. The summed E-state index contributed by atoms with van der Waals surface area (Å²) < 4.78 is 10.4. The van der Waals surface area contributed by atoms with E-state index in [0.29, 0.717) is 55.6 Å². The van der Waals surface area contributed by atoms with E-state index < -0.39 is 0 Å². The van der Waals surface area contributed by atoms with E-state index in [-0.39, 0.29) is 24.7 Å². The van der Waals surface area contributed by atoms with Gasteiger partial charge < -0.3 is 9.47 Å². The minimum Gasteiger partial charge on any atom is -0.495 e. The second-order valence-corrected chi connectivity index (χ2v) is 8.50. The predicted octanol–water partition coefficient (Wildman–Crippen LogP) is 5.48. The molecule has 12 heteroatoms. The van der Waals surface area contributed by atoms with Crippen molar-refractivity contribution in [2.45, 2.75) is 25.7 Å². The molecule has 0 heterocycles. The first kappa shape index (κ1) is 27.7. The van der Waals surface area contributed by atoms with E-state index in [9.17, 15) is 9.59 Å². The van der Waals surface area contributed by atoms with Gasteiger partial charge in [-0.2, -0.15) is 10.2 Å². The van der Waals surface area contributed by atoms with Gasteiger partial charge in [0.2, 0.25) is 11.8 Å². The van der Waals surface area contributed by atoms with Crippen molar-refractivity contribution in [3.63, 3.8) is 0 Å². The van der Waals surface area contributed by atoms with Crippen molar-refractivity contribution in [1.82, 2.24) is 10.9 Å². The van der Waals surface area contributed by atoms with E-state index in [4.69, 9.17) is 55.9 Å². The Morgan fingerprint density at radius 1 is 0.765 bits per heavy atom. The van der Waals surface area contributed by atoms with E-state index in [1.54, 1.807) is 24.3 Å². The van der Waals surface area contributed by atoms with Crippen molar-refractivity contribution >= 4 is 70.6 Å². The summed E-state index contributed by atoms with van der Waals surface area (Å²) >= 11 is 24.1. The number of nitrogens with one attached hydrogen (secondary N) is 2. The number of carbonyl (C=O) groups excluding carboxylic acids is 2. The van der Waals surface area contributed by atoms with Crippen molar-refractivity contribution in [2.75, 3.05) is 14.2 Å². The number of hydrogen-bond acceptors (Lipinski definition) is 6. The highest BCUT2D eigenvalue weighted by Crippen LogP contribution is 2.32. The molecule has 0 saturated heterocycles. The van der Waals surface area contributed by atoms with Crippen LogP contribution in [0.3, 0.4) is 0 Å². The Morgan fingerprint density at radius 2 is 1.15 bits per heavy atom. The Morgan fingerprint density at radius 3 is 1.50 bits per heavy atom. The first-order chi connectivity index (χ1) is 16.2. The smallest absolute Gasteiger partial charge is 0.240 e. The van der Waals surface area contributed by atoms with Gasteiger partial charge in [-0.05, 0) is 37.1 Å². The number of benzene rings is 2. The fourth-order valence-electron chi connectivity index (χ4n) is 2.81. The molecule has 0 spiro atoms. The largest absolute Gasteiger partial charge is 0.495 e. The number of ether oxygens (including phenoxy) is 2. The number of carbonyl (C=O) groups is 2. The van der Waals surface area contributed by atoms with E-state index in [0.717, 1.165) is 0 Å². The molecule has 0 aromatic heterocycles. The minimum atomic E-state index is -0.299. The van der Waals surface area contributed by atoms with Crippen LogP contribution in [0.25, 0.3) is 0 Å². The van der Waals surface area contributed by atoms with Crippen LogP contribution in [0.2, 0.25) is 20.1 Å². The second-order valence-electron chi connectivity index (χ2n) is 6.81. The van der Waals surface area contributed by atoms with Crippen LogP contribution in [-0.4, -0.2) is 38.5 Å². The summed E-state index contributed by atoms with van der Waals surface area (Å²) in [5.74, 6) is 0.197. The highest BCUT2D eigenvalue weighted by Gasteiger charge is 2.10. The molecule has 0 bridgehead atoms. The molecule has 0 saturated carbocycles. The molecular weight excluding hydrogens is 526 g/mol. The number of methoxy groups -OCH3 is 2. The number of unbranched alkanes of at least 4 members (excludes halogenated alkanes) is 1. The summed E-state index contributed by atoms with van der Waals surface area (Å²) in [6.07, 6.45) is 4.15. The zero-order chi connectivity index (χ0) is 25.1. The van der Waals surface area contributed by atoms with Gasteiger partial charge in [-0.1, -0.05) is 46.4 Å². The van der Waals surface area contributed by atoms with Crippen LogP contribution >= 0.6 is 46.4 Å². The van der Waals surface area contributed by atoms with Crippen LogP contribution in [0.4, 0.5) is 0 Å². The molecule has 2 rings (SSSR count). The average molecular weight is 548 g/mol. The third kappa shape index (κ3) is 8.68. The minimum absolute atomic E-state index is 0.194. The number of hydrazone groups is 2. The fraction of sp³-hybridized carbons (Fsp3) is 0.273. The zero-order valence-electron chi connectivity index (χ0n) is 18.3. The highest BCUT2D eigenvalue weighted by molar-refractivity contribution is 6.36. The van der Waals surface area contributed by atoms with Gasteiger partial charge in [0.05, 0.1) is 36.7 Å². The molecule has 0 fully saturated rings. The summed E-state index contributed by atoms with van der Waals surface area (Å²) in [6.45, 7) is 0. The maximum Gasteiger partial charge on any atom is 0.240 e. The molecule has 182 valence electrons. The van der Waals surface area contributed by atoms with Crippen molar-refractivity contribution < 1.29 is 19.1 Å². The first-order valence-corrected chi connectivity index (χ1v) is 11.5. The van der Waals surface area contributed by atoms with Crippen molar-refractivity contribution in [3.05, 3.63) is 55.5 Å². The summed E-state index contributed by atoms with van der Waals surface area (Å²) in [7, 11) is 2.94. The van der Waals surface area contributed by atoms with E-state index >= 15 is 0 Å². The molecule has 2 amide bonds. The lowest BCUT2D eigenvalue weighted by atomic mass is 10.2. The molecular formula is C22H22Cl4N4O4. The van der Waals surface area contributed by atoms with Gasteiger partial charge >= 0.3 is 0 Å². The van der Waals surface area contributed by atoms with Crippen molar-refractivity contribution in [2.24, 2.45) is 10.2 Å². The molecule has 0 aliphatic heterocycles. The Labute approximate surface area is 217 Å².